The lowest BCUT2D eigenvalue weighted by molar-refractivity contribution is -0.124. The molecule has 1 atom stereocenters. The zero-order valence-corrected chi connectivity index (χ0v) is 11.1. The predicted molar refractivity (Wildman–Crippen MR) is 68.3 cm³/mol. The number of nitrogens with two attached hydrogens (primary N) is 1. The van der Waals surface area contributed by atoms with Crippen molar-refractivity contribution >= 4 is 17.2 Å². The van der Waals surface area contributed by atoms with Crippen molar-refractivity contribution in [1.29, 1.82) is 0 Å². The topological polar surface area (TPSA) is 55.1 Å². The summed E-state index contributed by atoms with van der Waals surface area (Å²) in [5.74, 6) is -0.0851. The van der Waals surface area contributed by atoms with Gasteiger partial charge >= 0.3 is 0 Å². The average Bonchev–Trinajstić information content (AvgIpc) is 2.58. The molecular weight excluding hydrogens is 220 g/mol. The minimum Gasteiger partial charge on any atom is -0.351 e. The van der Waals surface area contributed by atoms with Crippen LogP contribution < -0.4 is 11.1 Å². The Balaban J connectivity index is 2.51. The molecule has 3 nitrogen and oxygen atoms in total. The second-order valence-electron chi connectivity index (χ2n) is 5.14. The predicted octanol–water partition coefficient (Wildman–Crippen LogP) is 2.05. The van der Waals surface area contributed by atoms with E-state index in [0.717, 1.165) is 0 Å². The molecule has 0 aliphatic rings. The lowest BCUT2D eigenvalue weighted by atomic mass is 9.87. The Labute approximate surface area is 101 Å². The first kappa shape index (κ1) is 13.2. The number of carbonyl (C=O) groups excluding carboxylic acids is 1. The van der Waals surface area contributed by atoms with Gasteiger partial charge in [0.1, 0.15) is 0 Å². The van der Waals surface area contributed by atoms with Crippen molar-refractivity contribution in [3.8, 4) is 0 Å². The molecule has 1 heterocycles. The van der Waals surface area contributed by atoms with Crippen LogP contribution in [-0.4, -0.2) is 11.9 Å². The van der Waals surface area contributed by atoms with E-state index in [9.17, 15) is 4.79 Å². The third kappa shape index (κ3) is 3.32. The second-order valence-corrected chi connectivity index (χ2v) is 5.89. The number of hydrogen-bond donors (Lipinski definition) is 2. The molecule has 16 heavy (non-hydrogen) atoms. The Kier molecular flexibility index (Phi) is 4.10. The highest BCUT2D eigenvalue weighted by atomic mass is 32.1. The molecule has 0 aromatic carbocycles. The zero-order valence-electron chi connectivity index (χ0n) is 10.3. The Morgan fingerprint density at radius 1 is 1.50 bits per heavy atom. The molecule has 0 saturated carbocycles. The summed E-state index contributed by atoms with van der Waals surface area (Å²) in [6.45, 7) is 8.51. The van der Waals surface area contributed by atoms with E-state index in [4.69, 9.17) is 5.73 Å². The van der Waals surface area contributed by atoms with Crippen molar-refractivity contribution in [3.05, 3.63) is 21.9 Å². The number of aryl methyl sites for hydroxylation is 1. The maximum absolute atomic E-state index is 11.8. The van der Waals surface area contributed by atoms with Crippen LogP contribution in [0.15, 0.2) is 10.8 Å². The van der Waals surface area contributed by atoms with Crippen molar-refractivity contribution in [2.75, 3.05) is 0 Å². The quantitative estimate of drug-likeness (QED) is 0.849. The summed E-state index contributed by atoms with van der Waals surface area (Å²) < 4.78 is 0. The van der Waals surface area contributed by atoms with E-state index < -0.39 is 6.04 Å². The summed E-state index contributed by atoms with van der Waals surface area (Å²) in [5, 5.41) is 7.00. The molecule has 1 rings (SSSR count). The SMILES string of the molecule is Cc1cscc1CNC(=O)[C@H](N)C(C)(C)C. The Hall–Kier alpha value is -0.870. The summed E-state index contributed by atoms with van der Waals surface area (Å²) in [6.07, 6.45) is 0. The van der Waals surface area contributed by atoms with Crippen LogP contribution in [0.3, 0.4) is 0 Å². The van der Waals surface area contributed by atoms with Crippen LogP contribution in [0.1, 0.15) is 31.9 Å². The molecule has 0 unspecified atom stereocenters. The van der Waals surface area contributed by atoms with Gasteiger partial charge in [-0.15, -0.1) is 0 Å². The van der Waals surface area contributed by atoms with E-state index in [1.165, 1.54) is 11.1 Å². The molecule has 0 saturated heterocycles. The summed E-state index contributed by atoms with van der Waals surface area (Å²) in [7, 11) is 0. The highest BCUT2D eigenvalue weighted by Crippen LogP contribution is 2.18. The van der Waals surface area contributed by atoms with Gasteiger partial charge in [-0.1, -0.05) is 20.8 Å². The van der Waals surface area contributed by atoms with Crippen molar-refractivity contribution in [2.24, 2.45) is 11.1 Å². The lowest BCUT2D eigenvalue weighted by Crippen LogP contribution is -2.48. The van der Waals surface area contributed by atoms with E-state index in [0.29, 0.717) is 6.54 Å². The van der Waals surface area contributed by atoms with Crippen LogP contribution in [0.2, 0.25) is 0 Å². The van der Waals surface area contributed by atoms with Gasteiger partial charge in [-0.25, -0.2) is 0 Å². The van der Waals surface area contributed by atoms with Gasteiger partial charge in [0, 0.05) is 6.54 Å². The minimum atomic E-state index is -0.466. The normalized spacial score (nSPS) is 13.6. The van der Waals surface area contributed by atoms with Gasteiger partial charge in [0.25, 0.3) is 0 Å². The van der Waals surface area contributed by atoms with Crippen LogP contribution in [0, 0.1) is 12.3 Å². The first-order chi connectivity index (χ1) is 7.32. The summed E-state index contributed by atoms with van der Waals surface area (Å²) >= 11 is 1.65. The fourth-order valence-electron chi connectivity index (χ4n) is 1.25. The average molecular weight is 240 g/mol. The molecule has 3 N–H and O–H groups in total. The number of amides is 1. The Morgan fingerprint density at radius 2 is 2.12 bits per heavy atom. The Morgan fingerprint density at radius 3 is 2.56 bits per heavy atom. The van der Waals surface area contributed by atoms with Gasteiger partial charge in [0.15, 0.2) is 0 Å². The van der Waals surface area contributed by atoms with Crippen molar-refractivity contribution in [1.82, 2.24) is 5.32 Å². The van der Waals surface area contributed by atoms with E-state index in [2.05, 4.69) is 16.1 Å². The van der Waals surface area contributed by atoms with E-state index in [1.807, 2.05) is 27.7 Å². The lowest BCUT2D eigenvalue weighted by Gasteiger charge is -2.25. The monoisotopic (exact) mass is 240 g/mol. The van der Waals surface area contributed by atoms with Crippen LogP contribution in [0.25, 0.3) is 0 Å². The van der Waals surface area contributed by atoms with Gasteiger partial charge in [-0.2, -0.15) is 11.3 Å². The number of carbonyl (C=O) groups is 1. The molecular formula is C12H20N2OS. The number of rotatable bonds is 3. The minimum absolute atomic E-state index is 0.0851. The second kappa shape index (κ2) is 4.97. The maximum Gasteiger partial charge on any atom is 0.237 e. The molecule has 0 aliphatic carbocycles. The number of hydrogen-bond acceptors (Lipinski definition) is 3. The molecule has 0 fully saturated rings. The molecule has 1 aromatic rings. The van der Waals surface area contributed by atoms with Crippen LogP contribution >= 0.6 is 11.3 Å². The van der Waals surface area contributed by atoms with Crippen LogP contribution in [0.4, 0.5) is 0 Å². The highest BCUT2D eigenvalue weighted by molar-refractivity contribution is 7.08. The van der Waals surface area contributed by atoms with Gasteiger partial charge in [0.2, 0.25) is 5.91 Å². The van der Waals surface area contributed by atoms with Gasteiger partial charge in [0.05, 0.1) is 6.04 Å². The molecule has 1 aromatic heterocycles. The molecule has 0 bridgehead atoms. The summed E-state index contributed by atoms with van der Waals surface area (Å²) in [4.78, 5) is 11.8. The molecule has 0 radical (unpaired) electrons. The highest BCUT2D eigenvalue weighted by Gasteiger charge is 2.27. The molecule has 0 aliphatic heterocycles. The van der Waals surface area contributed by atoms with Gasteiger partial charge < -0.3 is 11.1 Å². The van der Waals surface area contributed by atoms with E-state index in [1.54, 1.807) is 11.3 Å². The first-order valence-corrected chi connectivity index (χ1v) is 6.31. The zero-order chi connectivity index (χ0) is 12.3. The maximum atomic E-state index is 11.8. The van der Waals surface area contributed by atoms with Crippen molar-refractivity contribution in [2.45, 2.75) is 40.3 Å². The molecule has 1 amide bonds. The smallest absolute Gasteiger partial charge is 0.237 e. The van der Waals surface area contributed by atoms with Gasteiger partial charge in [-0.3, -0.25) is 4.79 Å². The fraction of sp³-hybridized carbons (Fsp3) is 0.583. The number of thiophene rings is 1. The standard InChI is InChI=1S/C12H20N2OS/c1-8-6-16-7-9(8)5-14-11(15)10(13)12(2,3)4/h6-7,10H,5,13H2,1-4H3,(H,14,15)/t10-/m0/s1. The van der Waals surface area contributed by atoms with E-state index >= 15 is 0 Å². The fourth-order valence-corrected chi connectivity index (χ4v) is 2.11. The Bertz CT molecular complexity index is 365. The summed E-state index contributed by atoms with van der Waals surface area (Å²) in [6, 6.07) is -0.466. The molecule has 0 spiro atoms. The molecule has 4 heteroatoms. The summed E-state index contributed by atoms with van der Waals surface area (Å²) in [5.41, 5.74) is 8.05. The van der Waals surface area contributed by atoms with Crippen LogP contribution in [0.5, 0.6) is 0 Å². The third-order valence-electron chi connectivity index (χ3n) is 2.63. The first-order valence-electron chi connectivity index (χ1n) is 5.37. The third-order valence-corrected chi connectivity index (χ3v) is 3.54. The van der Waals surface area contributed by atoms with Gasteiger partial charge in [-0.05, 0) is 34.2 Å². The van der Waals surface area contributed by atoms with Crippen LogP contribution in [-0.2, 0) is 11.3 Å². The van der Waals surface area contributed by atoms with Crippen molar-refractivity contribution in [3.63, 3.8) is 0 Å². The number of nitrogens with one attached hydrogen (secondary N) is 1. The van der Waals surface area contributed by atoms with Crippen molar-refractivity contribution < 1.29 is 4.79 Å². The largest absolute Gasteiger partial charge is 0.351 e. The van der Waals surface area contributed by atoms with E-state index in [-0.39, 0.29) is 11.3 Å². The molecule has 90 valence electrons.